The number of Topliss-reactive ketones (excluding diaryl/α,β-unsaturated/α-hetero) is 1. The molecule has 18 heavy (non-hydrogen) atoms. The van der Waals surface area contributed by atoms with Gasteiger partial charge in [-0.25, -0.2) is 0 Å². The highest BCUT2D eigenvalue weighted by atomic mass is 16.5. The summed E-state index contributed by atoms with van der Waals surface area (Å²) in [6, 6.07) is 10.1. The molecule has 2 rings (SSSR count). The standard InChI is InChI=1S/C15H18O3/c1-2-18-15(17)10-14(16)13-9-12(13)8-11-6-4-3-5-7-11/h3-7,12-13H,2,8-10H2,1H3. The van der Waals surface area contributed by atoms with E-state index in [9.17, 15) is 9.59 Å². The van der Waals surface area contributed by atoms with Gasteiger partial charge in [-0.15, -0.1) is 0 Å². The molecule has 1 aliphatic carbocycles. The van der Waals surface area contributed by atoms with Gasteiger partial charge in [-0.05, 0) is 31.2 Å². The van der Waals surface area contributed by atoms with Crippen LogP contribution in [-0.2, 0) is 20.7 Å². The first-order valence-electron chi connectivity index (χ1n) is 6.43. The van der Waals surface area contributed by atoms with E-state index < -0.39 is 5.97 Å². The second-order valence-electron chi connectivity index (χ2n) is 4.74. The van der Waals surface area contributed by atoms with Crippen molar-refractivity contribution in [2.75, 3.05) is 6.61 Å². The van der Waals surface area contributed by atoms with Gasteiger partial charge in [0.1, 0.15) is 12.2 Å². The number of hydrogen-bond donors (Lipinski definition) is 0. The van der Waals surface area contributed by atoms with Gasteiger partial charge in [-0.2, -0.15) is 0 Å². The second kappa shape index (κ2) is 5.80. The largest absolute Gasteiger partial charge is 0.466 e. The Bertz CT molecular complexity index is 425. The van der Waals surface area contributed by atoms with E-state index in [1.807, 2.05) is 18.2 Å². The molecule has 96 valence electrons. The van der Waals surface area contributed by atoms with Crippen molar-refractivity contribution in [3.63, 3.8) is 0 Å². The smallest absolute Gasteiger partial charge is 0.313 e. The Hall–Kier alpha value is -1.64. The van der Waals surface area contributed by atoms with Crippen LogP contribution in [0.15, 0.2) is 30.3 Å². The molecule has 3 heteroatoms. The second-order valence-corrected chi connectivity index (χ2v) is 4.74. The summed E-state index contributed by atoms with van der Waals surface area (Å²) in [4.78, 5) is 23.0. The summed E-state index contributed by atoms with van der Waals surface area (Å²) in [6.07, 6.45) is 1.77. The van der Waals surface area contributed by atoms with E-state index in [0.717, 1.165) is 12.8 Å². The number of esters is 1. The lowest BCUT2D eigenvalue weighted by Crippen LogP contribution is -2.13. The Balaban J connectivity index is 1.77. The average Bonchev–Trinajstić information content (AvgIpc) is 3.10. The predicted octanol–water partition coefficient (Wildman–Crippen LogP) is 2.39. The maximum atomic E-state index is 11.8. The molecule has 0 bridgehead atoms. The fourth-order valence-corrected chi connectivity index (χ4v) is 2.27. The highest BCUT2D eigenvalue weighted by Gasteiger charge is 2.42. The molecule has 1 aromatic carbocycles. The van der Waals surface area contributed by atoms with E-state index >= 15 is 0 Å². The highest BCUT2D eigenvalue weighted by molar-refractivity contribution is 5.98. The molecule has 1 aliphatic rings. The molecule has 0 heterocycles. The summed E-state index contributed by atoms with van der Waals surface area (Å²) in [5.74, 6) is 0.117. The van der Waals surface area contributed by atoms with E-state index in [4.69, 9.17) is 4.74 Å². The zero-order valence-corrected chi connectivity index (χ0v) is 10.6. The lowest BCUT2D eigenvalue weighted by molar-refractivity contribution is -0.145. The minimum Gasteiger partial charge on any atom is -0.466 e. The van der Waals surface area contributed by atoms with Gasteiger partial charge in [0.05, 0.1) is 6.61 Å². The molecule has 0 amide bonds. The fraction of sp³-hybridized carbons (Fsp3) is 0.467. The van der Waals surface area contributed by atoms with Gasteiger partial charge < -0.3 is 4.74 Å². The van der Waals surface area contributed by atoms with Crippen molar-refractivity contribution in [1.29, 1.82) is 0 Å². The van der Waals surface area contributed by atoms with Crippen LogP contribution in [0.2, 0.25) is 0 Å². The Morgan fingerprint density at radius 3 is 2.67 bits per heavy atom. The first-order valence-corrected chi connectivity index (χ1v) is 6.43. The fourth-order valence-electron chi connectivity index (χ4n) is 2.27. The van der Waals surface area contributed by atoms with Gasteiger partial charge in [0.25, 0.3) is 0 Å². The van der Waals surface area contributed by atoms with Crippen LogP contribution in [0.3, 0.4) is 0 Å². The number of ketones is 1. The molecule has 0 N–H and O–H groups in total. The van der Waals surface area contributed by atoms with Gasteiger partial charge in [0.2, 0.25) is 0 Å². The first-order chi connectivity index (χ1) is 8.70. The molecule has 0 aliphatic heterocycles. The number of carbonyl (C=O) groups is 2. The van der Waals surface area contributed by atoms with Crippen molar-refractivity contribution < 1.29 is 14.3 Å². The molecule has 2 unspecified atom stereocenters. The first kappa shape index (κ1) is 12.8. The molecule has 0 saturated heterocycles. The maximum absolute atomic E-state index is 11.8. The van der Waals surface area contributed by atoms with Gasteiger partial charge in [0.15, 0.2) is 0 Å². The molecule has 0 radical (unpaired) electrons. The quantitative estimate of drug-likeness (QED) is 0.572. The third kappa shape index (κ3) is 3.42. The summed E-state index contributed by atoms with van der Waals surface area (Å²) in [7, 11) is 0. The van der Waals surface area contributed by atoms with Crippen molar-refractivity contribution in [3.8, 4) is 0 Å². The molecule has 0 spiro atoms. The van der Waals surface area contributed by atoms with Gasteiger partial charge in [-0.3, -0.25) is 9.59 Å². The molecular weight excluding hydrogens is 228 g/mol. The summed E-state index contributed by atoms with van der Waals surface area (Å²) >= 11 is 0. The van der Waals surface area contributed by atoms with Crippen molar-refractivity contribution in [3.05, 3.63) is 35.9 Å². The molecule has 0 aromatic heterocycles. The van der Waals surface area contributed by atoms with Crippen molar-refractivity contribution >= 4 is 11.8 Å². The van der Waals surface area contributed by atoms with Crippen LogP contribution in [0, 0.1) is 11.8 Å². The molecule has 1 saturated carbocycles. The lowest BCUT2D eigenvalue weighted by atomic mass is 10.1. The zero-order chi connectivity index (χ0) is 13.0. The lowest BCUT2D eigenvalue weighted by Gasteiger charge is -2.01. The molecule has 1 fully saturated rings. The summed E-state index contributed by atoms with van der Waals surface area (Å²) < 4.78 is 4.78. The third-order valence-corrected chi connectivity index (χ3v) is 3.30. The van der Waals surface area contributed by atoms with Crippen LogP contribution < -0.4 is 0 Å². The summed E-state index contributed by atoms with van der Waals surface area (Å²) in [5.41, 5.74) is 1.26. The molecule has 3 nitrogen and oxygen atoms in total. The maximum Gasteiger partial charge on any atom is 0.313 e. The Morgan fingerprint density at radius 1 is 1.28 bits per heavy atom. The van der Waals surface area contributed by atoms with Crippen molar-refractivity contribution in [2.45, 2.75) is 26.2 Å². The van der Waals surface area contributed by atoms with Crippen LogP contribution >= 0.6 is 0 Å². The minimum atomic E-state index is -0.395. The van der Waals surface area contributed by atoms with Crippen LogP contribution in [0.1, 0.15) is 25.3 Å². The van der Waals surface area contributed by atoms with Crippen LogP contribution in [0.4, 0.5) is 0 Å². The van der Waals surface area contributed by atoms with Gasteiger partial charge >= 0.3 is 5.97 Å². The number of benzene rings is 1. The molecular formula is C15H18O3. The minimum absolute atomic E-state index is 0.0365. The number of hydrogen-bond acceptors (Lipinski definition) is 3. The van der Waals surface area contributed by atoms with Gasteiger partial charge in [-0.1, -0.05) is 30.3 Å². The molecule has 2 atom stereocenters. The Morgan fingerprint density at radius 2 is 2.00 bits per heavy atom. The van der Waals surface area contributed by atoms with E-state index in [1.165, 1.54) is 5.56 Å². The predicted molar refractivity (Wildman–Crippen MR) is 68.0 cm³/mol. The van der Waals surface area contributed by atoms with E-state index in [2.05, 4.69) is 12.1 Å². The van der Waals surface area contributed by atoms with E-state index in [-0.39, 0.29) is 18.1 Å². The van der Waals surface area contributed by atoms with Crippen LogP contribution in [-0.4, -0.2) is 18.4 Å². The third-order valence-electron chi connectivity index (χ3n) is 3.30. The SMILES string of the molecule is CCOC(=O)CC(=O)C1CC1Cc1ccccc1. The van der Waals surface area contributed by atoms with Crippen LogP contribution in [0.25, 0.3) is 0 Å². The van der Waals surface area contributed by atoms with Crippen LogP contribution in [0.5, 0.6) is 0 Å². The zero-order valence-electron chi connectivity index (χ0n) is 10.6. The van der Waals surface area contributed by atoms with Crippen molar-refractivity contribution in [2.24, 2.45) is 11.8 Å². The average molecular weight is 246 g/mol. The van der Waals surface area contributed by atoms with E-state index in [1.54, 1.807) is 6.92 Å². The Kier molecular flexibility index (Phi) is 4.13. The number of carbonyl (C=O) groups excluding carboxylic acids is 2. The van der Waals surface area contributed by atoms with E-state index in [0.29, 0.717) is 12.5 Å². The monoisotopic (exact) mass is 246 g/mol. The highest BCUT2D eigenvalue weighted by Crippen LogP contribution is 2.42. The number of ether oxygens (including phenoxy) is 1. The summed E-state index contributed by atoms with van der Waals surface area (Å²) in [6.45, 7) is 2.09. The normalized spacial score (nSPS) is 21.4. The topological polar surface area (TPSA) is 43.4 Å². The Labute approximate surface area is 107 Å². The number of rotatable bonds is 6. The van der Waals surface area contributed by atoms with Gasteiger partial charge in [0, 0.05) is 5.92 Å². The van der Waals surface area contributed by atoms with Crippen molar-refractivity contribution in [1.82, 2.24) is 0 Å². The summed E-state index contributed by atoms with van der Waals surface area (Å²) in [5, 5.41) is 0. The molecule has 1 aromatic rings.